The lowest BCUT2D eigenvalue weighted by molar-refractivity contribution is -0.117. The Morgan fingerprint density at radius 1 is 1.21 bits per heavy atom. The largest absolute Gasteiger partial charge is 0.407 e. The van der Waals surface area contributed by atoms with E-state index in [1.807, 2.05) is 0 Å². The molecule has 2 amide bonds. The van der Waals surface area contributed by atoms with Crippen LogP contribution in [0.15, 0.2) is 28.7 Å². The molecule has 8 heteroatoms. The molecule has 0 radical (unpaired) electrons. The Balaban J connectivity index is 1.33. The topological polar surface area (TPSA) is 88.3 Å². The molecule has 1 saturated carbocycles. The lowest BCUT2D eigenvalue weighted by Gasteiger charge is -2.15. The molecule has 1 aromatic heterocycles. The molecular formula is C20H23FN4O3. The molecule has 2 heterocycles. The number of hydrogen-bond acceptors (Lipinski definition) is 5. The van der Waals surface area contributed by atoms with Crippen LogP contribution in [0.1, 0.15) is 56.8 Å². The van der Waals surface area contributed by atoms with Crippen molar-refractivity contribution in [1.82, 2.24) is 10.2 Å². The van der Waals surface area contributed by atoms with E-state index in [1.165, 1.54) is 37.8 Å². The highest BCUT2D eigenvalue weighted by Crippen LogP contribution is 2.32. The third-order valence-corrected chi connectivity index (χ3v) is 5.55. The van der Waals surface area contributed by atoms with E-state index in [9.17, 15) is 14.0 Å². The maximum absolute atomic E-state index is 13.1. The van der Waals surface area contributed by atoms with E-state index in [2.05, 4.69) is 15.5 Å². The molecule has 2 fully saturated rings. The minimum Gasteiger partial charge on any atom is -0.407 e. The van der Waals surface area contributed by atoms with Gasteiger partial charge in [-0.2, -0.15) is 0 Å². The summed E-state index contributed by atoms with van der Waals surface area (Å²) in [5, 5.41) is 10.5. The van der Waals surface area contributed by atoms with Gasteiger partial charge >= 0.3 is 6.01 Å². The molecule has 1 unspecified atom stereocenters. The standard InChI is InChI=1S/C20H23FN4O3/c21-15-6-8-16(9-7-15)25-12-14(11-18(25)27)19-23-24-20(28-19)22-17(26)10-5-13-3-1-2-4-13/h6-9,13-14H,1-5,10-12H2,(H,22,24,26). The molecule has 1 aliphatic carbocycles. The van der Waals surface area contributed by atoms with E-state index >= 15 is 0 Å². The maximum Gasteiger partial charge on any atom is 0.322 e. The van der Waals surface area contributed by atoms with Gasteiger partial charge in [-0.05, 0) is 36.6 Å². The van der Waals surface area contributed by atoms with Crippen molar-refractivity contribution in [3.05, 3.63) is 36.0 Å². The normalized spacial score (nSPS) is 20.1. The first kappa shape index (κ1) is 18.6. The minimum absolute atomic E-state index is 0.0686. The first-order valence-corrected chi connectivity index (χ1v) is 9.77. The van der Waals surface area contributed by atoms with Crippen molar-refractivity contribution in [1.29, 1.82) is 0 Å². The summed E-state index contributed by atoms with van der Waals surface area (Å²) in [6.45, 7) is 0.377. The Morgan fingerprint density at radius 2 is 1.96 bits per heavy atom. The molecule has 0 spiro atoms. The molecule has 1 aromatic carbocycles. The van der Waals surface area contributed by atoms with Crippen LogP contribution in [0.4, 0.5) is 16.1 Å². The van der Waals surface area contributed by atoms with Crippen LogP contribution < -0.4 is 10.2 Å². The third kappa shape index (κ3) is 4.21. The predicted molar refractivity (Wildman–Crippen MR) is 100 cm³/mol. The van der Waals surface area contributed by atoms with E-state index in [0.717, 1.165) is 6.42 Å². The van der Waals surface area contributed by atoms with Gasteiger partial charge in [0.1, 0.15) is 5.82 Å². The summed E-state index contributed by atoms with van der Waals surface area (Å²) in [5.41, 5.74) is 0.633. The molecule has 1 aliphatic heterocycles. The number of anilines is 2. The second-order valence-electron chi connectivity index (χ2n) is 7.56. The lowest BCUT2D eigenvalue weighted by Crippen LogP contribution is -2.24. The molecule has 148 valence electrons. The fourth-order valence-corrected chi connectivity index (χ4v) is 4.01. The zero-order valence-electron chi connectivity index (χ0n) is 15.6. The summed E-state index contributed by atoms with van der Waals surface area (Å²) in [5.74, 6) is 0.149. The van der Waals surface area contributed by atoms with Gasteiger partial charge in [-0.3, -0.25) is 14.9 Å². The molecule has 2 aliphatic rings. The van der Waals surface area contributed by atoms with Gasteiger partial charge in [0.05, 0.1) is 5.92 Å². The van der Waals surface area contributed by atoms with Crippen LogP contribution in [0.2, 0.25) is 0 Å². The summed E-state index contributed by atoms with van der Waals surface area (Å²) in [6, 6.07) is 5.85. The van der Waals surface area contributed by atoms with Gasteiger partial charge in [-0.25, -0.2) is 4.39 Å². The molecule has 1 saturated heterocycles. The van der Waals surface area contributed by atoms with Crippen molar-refractivity contribution < 1.29 is 18.4 Å². The SMILES string of the molecule is O=C(CCC1CCCC1)Nc1nnc(C2CC(=O)N(c3ccc(F)cc3)C2)o1. The van der Waals surface area contributed by atoms with Gasteiger partial charge < -0.3 is 9.32 Å². The molecule has 1 N–H and O–H groups in total. The van der Waals surface area contributed by atoms with E-state index in [1.54, 1.807) is 17.0 Å². The zero-order valence-corrected chi connectivity index (χ0v) is 15.6. The number of amides is 2. The quantitative estimate of drug-likeness (QED) is 0.819. The van der Waals surface area contributed by atoms with Crippen LogP contribution in [-0.2, 0) is 9.59 Å². The van der Waals surface area contributed by atoms with Crippen molar-refractivity contribution in [3.8, 4) is 0 Å². The highest BCUT2D eigenvalue weighted by Gasteiger charge is 2.35. The summed E-state index contributed by atoms with van der Waals surface area (Å²) in [4.78, 5) is 26.0. The van der Waals surface area contributed by atoms with E-state index in [0.29, 0.717) is 30.5 Å². The van der Waals surface area contributed by atoms with Crippen molar-refractivity contribution >= 4 is 23.5 Å². The van der Waals surface area contributed by atoms with Crippen LogP contribution in [0, 0.1) is 11.7 Å². The van der Waals surface area contributed by atoms with E-state index in [4.69, 9.17) is 4.42 Å². The average Bonchev–Trinajstić information content (AvgIpc) is 3.42. The van der Waals surface area contributed by atoms with Crippen LogP contribution in [0.25, 0.3) is 0 Å². The first-order chi connectivity index (χ1) is 13.6. The van der Waals surface area contributed by atoms with Gasteiger partial charge in [0.2, 0.25) is 17.7 Å². The summed E-state index contributed by atoms with van der Waals surface area (Å²) < 4.78 is 18.7. The van der Waals surface area contributed by atoms with Crippen LogP contribution in [0.5, 0.6) is 0 Å². The number of nitrogens with zero attached hydrogens (tertiary/aromatic N) is 3. The number of aromatic nitrogens is 2. The Kier molecular flexibility index (Phi) is 5.36. The van der Waals surface area contributed by atoms with Gasteiger partial charge in [0, 0.05) is 25.1 Å². The monoisotopic (exact) mass is 386 g/mol. The van der Waals surface area contributed by atoms with Crippen LogP contribution in [-0.4, -0.2) is 28.6 Å². The smallest absolute Gasteiger partial charge is 0.322 e. The molecule has 28 heavy (non-hydrogen) atoms. The molecule has 0 bridgehead atoms. The first-order valence-electron chi connectivity index (χ1n) is 9.77. The van der Waals surface area contributed by atoms with Gasteiger partial charge in [-0.15, -0.1) is 5.10 Å². The maximum atomic E-state index is 13.1. The van der Waals surface area contributed by atoms with Gasteiger partial charge in [0.25, 0.3) is 0 Å². The van der Waals surface area contributed by atoms with Crippen molar-refractivity contribution in [3.63, 3.8) is 0 Å². The number of rotatable bonds is 6. The van der Waals surface area contributed by atoms with Crippen molar-refractivity contribution in [2.75, 3.05) is 16.8 Å². The fourth-order valence-electron chi connectivity index (χ4n) is 4.01. The highest BCUT2D eigenvalue weighted by atomic mass is 19.1. The van der Waals surface area contributed by atoms with E-state index < -0.39 is 0 Å². The molecule has 4 rings (SSSR count). The number of carbonyl (C=O) groups excluding carboxylic acids is 2. The number of benzene rings is 1. The number of halogens is 1. The fraction of sp³-hybridized carbons (Fsp3) is 0.500. The number of carbonyl (C=O) groups is 2. The van der Waals surface area contributed by atoms with Crippen molar-refractivity contribution in [2.45, 2.75) is 50.9 Å². The number of nitrogens with one attached hydrogen (secondary N) is 1. The predicted octanol–water partition coefficient (Wildman–Crippen LogP) is 3.64. The van der Waals surface area contributed by atoms with E-state index in [-0.39, 0.29) is 36.0 Å². The molecular weight excluding hydrogens is 363 g/mol. The lowest BCUT2D eigenvalue weighted by atomic mass is 10.0. The molecule has 1 atom stereocenters. The van der Waals surface area contributed by atoms with Crippen LogP contribution in [0.3, 0.4) is 0 Å². The molecule has 2 aromatic rings. The number of hydrogen-bond donors (Lipinski definition) is 1. The summed E-state index contributed by atoms with van der Waals surface area (Å²) in [6.07, 6.45) is 6.49. The second kappa shape index (κ2) is 8.08. The Morgan fingerprint density at radius 3 is 2.71 bits per heavy atom. The van der Waals surface area contributed by atoms with Crippen molar-refractivity contribution in [2.24, 2.45) is 5.92 Å². The zero-order chi connectivity index (χ0) is 19.5. The van der Waals surface area contributed by atoms with Gasteiger partial charge in [0.15, 0.2) is 0 Å². The summed E-state index contributed by atoms with van der Waals surface area (Å²) >= 11 is 0. The Labute approximate surface area is 162 Å². The Bertz CT molecular complexity index is 845. The van der Waals surface area contributed by atoms with Crippen LogP contribution >= 0.6 is 0 Å². The second-order valence-corrected chi connectivity index (χ2v) is 7.56. The summed E-state index contributed by atoms with van der Waals surface area (Å²) in [7, 11) is 0. The van der Waals surface area contributed by atoms with Gasteiger partial charge in [-0.1, -0.05) is 30.8 Å². The average molecular weight is 386 g/mol. The Hall–Kier alpha value is -2.77. The molecule has 7 nitrogen and oxygen atoms in total. The minimum atomic E-state index is -0.350. The highest BCUT2D eigenvalue weighted by molar-refractivity contribution is 5.96. The third-order valence-electron chi connectivity index (χ3n) is 5.55.